The Morgan fingerprint density at radius 1 is 0.625 bits per heavy atom. The van der Waals surface area contributed by atoms with Crippen molar-refractivity contribution in [2.24, 2.45) is 4.99 Å². The van der Waals surface area contributed by atoms with Crippen molar-refractivity contribution >= 4 is 44.4 Å². The van der Waals surface area contributed by atoms with Crippen LogP contribution in [-0.4, -0.2) is 15.4 Å². The minimum atomic E-state index is -0.221. The van der Waals surface area contributed by atoms with E-state index in [1.54, 1.807) is 0 Å². The molecule has 0 saturated carbocycles. The van der Waals surface area contributed by atoms with Crippen molar-refractivity contribution in [1.29, 1.82) is 0 Å². The Kier molecular flexibility index (Phi) is 5.13. The normalized spacial score (nSPS) is 15.2. The summed E-state index contributed by atoms with van der Waals surface area (Å²) in [6.45, 7) is 0. The number of nitrogens with zero attached hydrogens (tertiary/aromatic N) is 3. The first-order valence-electron chi connectivity index (χ1n) is 13.4. The summed E-state index contributed by atoms with van der Waals surface area (Å²) in [7, 11) is 0. The molecular formula is C35H24N4O. The van der Waals surface area contributed by atoms with Gasteiger partial charge < -0.3 is 14.3 Å². The molecule has 1 atom stereocenters. The van der Waals surface area contributed by atoms with Gasteiger partial charge in [-0.3, -0.25) is 0 Å². The Hall–Kier alpha value is -5.42. The monoisotopic (exact) mass is 516 g/mol. The number of benzene rings is 5. The second-order valence-electron chi connectivity index (χ2n) is 9.92. The fraction of sp³-hybridized carbons (Fsp3) is 0.0286. The SMILES string of the molecule is C1=C(c2ccccc2)N=C(c2ccccc2)NC1n1c2ccccc2c2ccc3nc(-c4ccccc4)oc3c21. The quantitative estimate of drug-likeness (QED) is 0.257. The van der Waals surface area contributed by atoms with E-state index in [4.69, 9.17) is 14.4 Å². The van der Waals surface area contributed by atoms with Crippen molar-refractivity contribution < 1.29 is 4.42 Å². The number of oxazole rings is 1. The molecule has 5 nitrogen and oxygen atoms in total. The van der Waals surface area contributed by atoms with Gasteiger partial charge in [-0.05, 0) is 36.4 Å². The first-order chi connectivity index (χ1) is 19.8. The molecule has 0 amide bonds. The molecule has 0 bridgehead atoms. The van der Waals surface area contributed by atoms with Crippen LogP contribution in [0.25, 0.3) is 50.1 Å². The van der Waals surface area contributed by atoms with Gasteiger partial charge >= 0.3 is 0 Å². The van der Waals surface area contributed by atoms with Gasteiger partial charge in [0.05, 0.1) is 16.7 Å². The van der Waals surface area contributed by atoms with E-state index in [2.05, 4.69) is 88.8 Å². The number of aliphatic imine (C=N–C) groups is 1. The molecule has 0 radical (unpaired) electrons. The Bertz CT molecular complexity index is 2070. The number of aromatic nitrogens is 2. The van der Waals surface area contributed by atoms with Crippen molar-refractivity contribution in [3.8, 4) is 11.5 Å². The third kappa shape index (κ3) is 3.63. The maximum absolute atomic E-state index is 6.54. The molecule has 7 aromatic rings. The fourth-order valence-corrected chi connectivity index (χ4v) is 5.63. The van der Waals surface area contributed by atoms with E-state index >= 15 is 0 Å². The van der Waals surface area contributed by atoms with Crippen LogP contribution in [0.2, 0.25) is 0 Å². The van der Waals surface area contributed by atoms with Crippen molar-refractivity contribution in [3.05, 3.63) is 145 Å². The van der Waals surface area contributed by atoms with Gasteiger partial charge in [-0.25, -0.2) is 9.98 Å². The third-order valence-corrected chi connectivity index (χ3v) is 7.47. The zero-order valence-electron chi connectivity index (χ0n) is 21.5. The molecule has 1 aliphatic heterocycles. The number of para-hydroxylation sites is 1. The van der Waals surface area contributed by atoms with Crippen LogP contribution in [0.5, 0.6) is 0 Å². The van der Waals surface area contributed by atoms with Gasteiger partial charge in [-0.15, -0.1) is 0 Å². The topological polar surface area (TPSA) is 55.4 Å². The van der Waals surface area contributed by atoms with Crippen LogP contribution in [-0.2, 0) is 0 Å². The first kappa shape index (κ1) is 22.6. The van der Waals surface area contributed by atoms with Crippen molar-refractivity contribution in [1.82, 2.24) is 14.9 Å². The molecule has 40 heavy (non-hydrogen) atoms. The van der Waals surface area contributed by atoms with Crippen LogP contribution >= 0.6 is 0 Å². The summed E-state index contributed by atoms with van der Waals surface area (Å²) in [5.74, 6) is 1.44. The molecule has 1 aliphatic rings. The van der Waals surface area contributed by atoms with Gasteiger partial charge in [0.2, 0.25) is 5.89 Å². The number of hydrogen-bond acceptors (Lipinski definition) is 4. The van der Waals surface area contributed by atoms with E-state index in [0.717, 1.165) is 61.1 Å². The summed E-state index contributed by atoms with van der Waals surface area (Å²) in [4.78, 5) is 9.94. The lowest BCUT2D eigenvalue weighted by Gasteiger charge is -2.26. The van der Waals surface area contributed by atoms with Gasteiger partial charge in [0.1, 0.15) is 17.5 Å². The summed E-state index contributed by atoms with van der Waals surface area (Å²) in [5, 5.41) is 6.02. The summed E-state index contributed by atoms with van der Waals surface area (Å²) in [6.07, 6.45) is 1.97. The number of fused-ring (bicyclic) bond motifs is 5. The number of nitrogens with one attached hydrogen (secondary N) is 1. The van der Waals surface area contributed by atoms with Crippen molar-refractivity contribution in [2.75, 3.05) is 0 Å². The summed E-state index contributed by atoms with van der Waals surface area (Å²) < 4.78 is 8.87. The predicted octanol–water partition coefficient (Wildman–Crippen LogP) is 8.19. The molecule has 5 aromatic carbocycles. The van der Waals surface area contributed by atoms with Crippen LogP contribution in [0.1, 0.15) is 17.3 Å². The molecular weight excluding hydrogens is 492 g/mol. The molecule has 1 unspecified atom stereocenters. The van der Waals surface area contributed by atoms with Crippen LogP contribution in [0.15, 0.2) is 143 Å². The molecule has 0 fully saturated rings. The summed E-state index contributed by atoms with van der Waals surface area (Å²) in [6, 6.07) is 43.4. The first-order valence-corrected chi connectivity index (χ1v) is 13.4. The molecule has 2 aromatic heterocycles. The van der Waals surface area contributed by atoms with Crippen molar-refractivity contribution in [3.63, 3.8) is 0 Å². The summed E-state index contributed by atoms with van der Waals surface area (Å²) in [5.41, 5.74) is 7.69. The van der Waals surface area contributed by atoms with Crippen LogP contribution in [0.3, 0.4) is 0 Å². The Labute approximate surface area is 230 Å². The lowest BCUT2D eigenvalue weighted by molar-refractivity contribution is 0.589. The lowest BCUT2D eigenvalue weighted by atomic mass is 10.1. The van der Waals surface area contributed by atoms with E-state index in [0.29, 0.717) is 5.89 Å². The molecule has 8 rings (SSSR count). The summed E-state index contributed by atoms with van der Waals surface area (Å²) >= 11 is 0. The van der Waals surface area contributed by atoms with Crippen LogP contribution in [0.4, 0.5) is 0 Å². The molecule has 0 spiro atoms. The average Bonchev–Trinajstić information content (AvgIpc) is 3.62. The predicted molar refractivity (Wildman–Crippen MR) is 162 cm³/mol. The molecule has 0 saturated heterocycles. The van der Waals surface area contributed by atoms with E-state index in [1.807, 2.05) is 54.6 Å². The fourth-order valence-electron chi connectivity index (χ4n) is 5.63. The van der Waals surface area contributed by atoms with Gasteiger partial charge in [-0.2, -0.15) is 0 Å². The third-order valence-electron chi connectivity index (χ3n) is 7.47. The van der Waals surface area contributed by atoms with Gasteiger partial charge in [-0.1, -0.05) is 97.1 Å². The minimum absolute atomic E-state index is 0.221. The Morgan fingerprint density at radius 2 is 1.27 bits per heavy atom. The highest BCUT2D eigenvalue weighted by Crippen LogP contribution is 2.39. The zero-order valence-corrected chi connectivity index (χ0v) is 21.5. The Morgan fingerprint density at radius 3 is 2.02 bits per heavy atom. The highest BCUT2D eigenvalue weighted by atomic mass is 16.3. The Balaban J connectivity index is 1.40. The van der Waals surface area contributed by atoms with Crippen molar-refractivity contribution in [2.45, 2.75) is 6.17 Å². The molecule has 0 aliphatic carbocycles. The van der Waals surface area contributed by atoms with Crippen LogP contribution < -0.4 is 5.32 Å². The number of amidine groups is 1. The van der Waals surface area contributed by atoms with E-state index in [9.17, 15) is 0 Å². The molecule has 5 heteroatoms. The second-order valence-corrected chi connectivity index (χ2v) is 9.92. The molecule has 1 N–H and O–H groups in total. The standard InChI is InChI=1S/C35H24N4O/c1-4-12-23(13-5-1)29-22-31(38-34(36-29)24-14-6-2-7-15-24)39-30-19-11-10-18-26(30)27-20-21-28-33(32(27)39)40-35(37-28)25-16-8-3-9-17-25/h1-22,31H,(H,36,38). The lowest BCUT2D eigenvalue weighted by Crippen LogP contribution is -2.34. The van der Waals surface area contributed by atoms with Crippen LogP contribution in [0, 0.1) is 0 Å². The number of hydrogen-bond donors (Lipinski definition) is 1. The van der Waals surface area contributed by atoms with E-state index < -0.39 is 0 Å². The highest BCUT2D eigenvalue weighted by Gasteiger charge is 2.25. The smallest absolute Gasteiger partial charge is 0.227 e. The maximum Gasteiger partial charge on any atom is 0.227 e. The zero-order chi connectivity index (χ0) is 26.5. The van der Waals surface area contributed by atoms with Gasteiger partial charge in [0.15, 0.2) is 5.58 Å². The van der Waals surface area contributed by atoms with E-state index in [-0.39, 0.29) is 6.17 Å². The average molecular weight is 517 g/mol. The van der Waals surface area contributed by atoms with Gasteiger partial charge in [0.25, 0.3) is 0 Å². The molecule has 190 valence electrons. The largest absolute Gasteiger partial charge is 0.434 e. The van der Waals surface area contributed by atoms with Gasteiger partial charge in [0, 0.05) is 27.5 Å². The minimum Gasteiger partial charge on any atom is -0.434 e. The maximum atomic E-state index is 6.54. The molecule has 3 heterocycles. The highest BCUT2D eigenvalue weighted by molar-refractivity contribution is 6.16. The van der Waals surface area contributed by atoms with E-state index in [1.165, 1.54) is 0 Å². The second kappa shape index (κ2) is 9.10. The number of rotatable bonds is 4.